The van der Waals surface area contributed by atoms with Crippen molar-refractivity contribution in [2.45, 2.75) is 5.21 Å². The van der Waals surface area contributed by atoms with Crippen LogP contribution in [0.3, 0.4) is 0 Å². The van der Waals surface area contributed by atoms with E-state index >= 15 is 0 Å². The van der Waals surface area contributed by atoms with Gasteiger partial charge in [0, 0.05) is 0 Å². The van der Waals surface area contributed by atoms with Gasteiger partial charge >= 0.3 is 147 Å². The summed E-state index contributed by atoms with van der Waals surface area (Å²) in [5, 5.41) is 10.2. The van der Waals surface area contributed by atoms with Gasteiger partial charge in [-0.1, -0.05) is 0 Å². The zero-order valence-corrected chi connectivity index (χ0v) is 17.5. The Hall–Kier alpha value is -1.60. The van der Waals surface area contributed by atoms with Crippen LogP contribution >= 0.6 is 0 Å². The molecule has 0 spiro atoms. The van der Waals surface area contributed by atoms with Gasteiger partial charge in [-0.2, -0.15) is 0 Å². The molecule has 1 nitrogen and oxygen atoms in total. The molecule has 0 unspecified atom stereocenters. The minimum atomic E-state index is -2.61. The Labute approximate surface area is 163 Å². The summed E-state index contributed by atoms with van der Waals surface area (Å²) in [6, 6.07) is 32.6. The number of benzene rings is 3. The number of rotatable bonds is 6. The van der Waals surface area contributed by atoms with E-state index < -0.39 is 13.6 Å². The first kappa shape index (κ1) is 19.7. The number of allylic oxidation sites excluding steroid dienone is 1. The Morgan fingerprint density at radius 2 is 0.960 bits per heavy atom. The van der Waals surface area contributed by atoms with Crippen molar-refractivity contribution < 1.29 is 22.1 Å². The van der Waals surface area contributed by atoms with E-state index in [0.29, 0.717) is 0 Å². The van der Waals surface area contributed by atoms with Crippen molar-refractivity contribution in [3.05, 3.63) is 103 Å². The van der Waals surface area contributed by atoms with Gasteiger partial charge in [-0.3, -0.25) is 0 Å². The molecule has 0 atom stereocenters. The van der Waals surface area contributed by atoms with Crippen molar-refractivity contribution in [1.82, 2.24) is 0 Å². The maximum atomic E-state index is 9.21. The zero-order chi connectivity index (χ0) is 16.7. The molecule has 0 aliphatic heterocycles. The maximum Gasteiger partial charge on any atom is -1.00 e. The Kier molecular flexibility index (Phi) is 7.71. The molecule has 0 saturated heterocycles. The second-order valence-electron chi connectivity index (χ2n) is 5.65. The van der Waals surface area contributed by atoms with Crippen LogP contribution < -0.4 is 30.0 Å². The van der Waals surface area contributed by atoms with Crippen LogP contribution in [0.1, 0.15) is 0 Å². The Morgan fingerprint density at radius 3 is 1.28 bits per heavy atom. The average molecular weight is 457 g/mol. The minimum absolute atomic E-state index is 0. The standard InChI is InChI=1S/C22H22AsO.BrH/c24-19-11-10-18-23(20-12-4-1-5-13-20,21-14-6-2-7-15-21)22-16-8-3-9-17-22;/h1-17,24H,18-19H2;1H/q+1;/p-1/b11-10-;. The average Bonchev–Trinajstić information content (AvgIpc) is 2.68. The molecule has 3 aromatic rings. The Bertz CT molecular complexity index is 676. The molecule has 0 amide bonds. The zero-order valence-electron chi connectivity index (χ0n) is 14.0. The van der Waals surface area contributed by atoms with E-state index in [9.17, 15) is 5.11 Å². The minimum Gasteiger partial charge on any atom is -1.00 e. The molecular formula is C22H22AsBrO. The Morgan fingerprint density at radius 1 is 0.600 bits per heavy atom. The van der Waals surface area contributed by atoms with Gasteiger partial charge in [0.25, 0.3) is 0 Å². The topological polar surface area (TPSA) is 20.2 Å². The molecule has 0 aromatic heterocycles. The monoisotopic (exact) mass is 456 g/mol. The first-order valence-corrected chi connectivity index (χ1v) is 12.3. The van der Waals surface area contributed by atoms with E-state index in [-0.39, 0.29) is 23.6 Å². The molecule has 0 radical (unpaired) electrons. The third-order valence-corrected chi connectivity index (χ3v) is 13.3. The summed E-state index contributed by atoms with van der Waals surface area (Å²) >= 11 is -2.61. The van der Waals surface area contributed by atoms with Crippen LogP contribution in [0.2, 0.25) is 5.21 Å². The van der Waals surface area contributed by atoms with E-state index in [4.69, 9.17) is 0 Å². The molecule has 3 aromatic carbocycles. The van der Waals surface area contributed by atoms with E-state index in [1.54, 1.807) is 0 Å². The molecule has 0 aliphatic carbocycles. The number of aliphatic hydroxyl groups excluding tert-OH is 1. The van der Waals surface area contributed by atoms with Crippen LogP contribution in [0.4, 0.5) is 0 Å². The van der Waals surface area contributed by atoms with Gasteiger partial charge in [0.2, 0.25) is 0 Å². The van der Waals surface area contributed by atoms with Crippen molar-refractivity contribution >= 4 is 26.6 Å². The number of halogens is 1. The quantitative estimate of drug-likeness (QED) is 0.399. The summed E-state index contributed by atoms with van der Waals surface area (Å²) in [4.78, 5) is 0. The normalized spacial score (nSPS) is 11.2. The molecule has 3 rings (SSSR count). The van der Waals surface area contributed by atoms with Gasteiger partial charge in [-0.15, -0.1) is 0 Å². The van der Waals surface area contributed by atoms with Gasteiger partial charge < -0.3 is 17.0 Å². The van der Waals surface area contributed by atoms with Gasteiger partial charge in [-0.25, -0.2) is 0 Å². The van der Waals surface area contributed by atoms with E-state index in [0.717, 1.165) is 5.21 Å². The predicted molar refractivity (Wildman–Crippen MR) is 105 cm³/mol. The number of hydrogen-bond donors (Lipinski definition) is 1. The summed E-state index contributed by atoms with van der Waals surface area (Å²) in [5.74, 6) is 0. The molecule has 0 heterocycles. The fourth-order valence-corrected chi connectivity index (χ4v) is 11.6. The van der Waals surface area contributed by atoms with Crippen LogP contribution in [0.15, 0.2) is 103 Å². The number of aliphatic hydroxyl groups is 1. The third-order valence-electron chi connectivity index (χ3n) is 4.24. The fourth-order valence-electron chi connectivity index (χ4n) is 3.12. The van der Waals surface area contributed by atoms with E-state index in [1.165, 1.54) is 13.1 Å². The van der Waals surface area contributed by atoms with Crippen molar-refractivity contribution in [1.29, 1.82) is 0 Å². The smallest absolute Gasteiger partial charge is 1.00 e. The van der Waals surface area contributed by atoms with Crippen molar-refractivity contribution in [3.8, 4) is 0 Å². The second-order valence-corrected chi connectivity index (χ2v) is 13.1. The molecule has 25 heavy (non-hydrogen) atoms. The molecule has 0 aliphatic rings. The first-order valence-electron chi connectivity index (χ1n) is 8.19. The molecule has 128 valence electrons. The van der Waals surface area contributed by atoms with Crippen LogP contribution in [-0.2, 0) is 0 Å². The molecule has 0 fully saturated rings. The predicted octanol–water partition coefficient (Wildman–Crippen LogP) is -0.291. The van der Waals surface area contributed by atoms with E-state index in [1.807, 2.05) is 6.08 Å². The van der Waals surface area contributed by atoms with Crippen LogP contribution in [0.5, 0.6) is 0 Å². The van der Waals surface area contributed by atoms with E-state index in [2.05, 4.69) is 97.1 Å². The summed E-state index contributed by atoms with van der Waals surface area (Å²) in [6.45, 7) is 0.0914. The summed E-state index contributed by atoms with van der Waals surface area (Å²) in [5.41, 5.74) is 0. The van der Waals surface area contributed by atoms with Crippen molar-refractivity contribution in [2.75, 3.05) is 6.61 Å². The van der Waals surface area contributed by atoms with Gasteiger partial charge in [0.1, 0.15) is 0 Å². The maximum absolute atomic E-state index is 9.21. The SMILES string of the molecule is OC/C=C\C[As+](c1ccccc1)(c1ccccc1)c1ccccc1.[Br-]. The fraction of sp³-hybridized carbons (Fsp3) is 0.0909. The molecule has 0 bridgehead atoms. The van der Waals surface area contributed by atoms with Crippen LogP contribution in [0.25, 0.3) is 0 Å². The molecule has 1 N–H and O–H groups in total. The second kappa shape index (κ2) is 9.77. The van der Waals surface area contributed by atoms with Crippen LogP contribution in [0, 0.1) is 0 Å². The molecule has 3 heteroatoms. The van der Waals surface area contributed by atoms with Crippen LogP contribution in [-0.4, -0.2) is 25.3 Å². The summed E-state index contributed by atoms with van der Waals surface area (Å²) in [6.07, 6.45) is 4.02. The first-order chi connectivity index (χ1) is 11.9. The number of hydrogen-bond acceptors (Lipinski definition) is 1. The summed E-state index contributed by atoms with van der Waals surface area (Å²) in [7, 11) is 0. The Balaban J connectivity index is 0.00000225. The van der Waals surface area contributed by atoms with Crippen molar-refractivity contribution in [3.63, 3.8) is 0 Å². The van der Waals surface area contributed by atoms with Gasteiger partial charge in [0.15, 0.2) is 0 Å². The molecule has 0 saturated carbocycles. The molecular weight excluding hydrogens is 435 g/mol. The van der Waals surface area contributed by atoms with Gasteiger partial charge in [-0.05, 0) is 0 Å². The third kappa shape index (κ3) is 4.33. The van der Waals surface area contributed by atoms with Crippen molar-refractivity contribution in [2.24, 2.45) is 0 Å². The van der Waals surface area contributed by atoms with Gasteiger partial charge in [0.05, 0.1) is 0 Å². The largest absolute Gasteiger partial charge is 1.00 e. The summed E-state index contributed by atoms with van der Waals surface area (Å²) < 4.78 is 4.28.